The summed E-state index contributed by atoms with van der Waals surface area (Å²) in [6.45, 7) is 2.15. The van der Waals surface area contributed by atoms with Crippen LogP contribution in [0, 0.1) is 11.3 Å². The number of halogens is 1. The molecule has 3 aliphatic rings. The molecule has 2 saturated carbocycles. The minimum Gasteiger partial charge on any atom is -0.346 e. The fourth-order valence-corrected chi connectivity index (χ4v) is 4.92. The van der Waals surface area contributed by atoms with Gasteiger partial charge in [-0.3, -0.25) is 4.79 Å². The van der Waals surface area contributed by atoms with Crippen molar-refractivity contribution in [3.63, 3.8) is 0 Å². The Hall–Kier alpha value is -1.06. The Kier molecular flexibility index (Phi) is 5.22. The van der Waals surface area contributed by atoms with Crippen molar-refractivity contribution in [1.29, 1.82) is 0 Å². The van der Waals surface area contributed by atoms with Crippen LogP contribution in [0.1, 0.15) is 56.9 Å². The lowest BCUT2D eigenvalue weighted by Crippen LogP contribution is -2.48. The Labute approximate surface area is 151 Å². The third-order valence-corrected chi connectivity index (χ3v) is 6.50. The highest BCUT2D eigenvalue weighted by Gasteiger charge is 2.58. The van der Waals surface area contributed by atoms with Crippen LogP contribution in [0.2, 0.25) is 0 Å². The minimum absolute atomic E-state index is 0. The molecule has 1 aromatic carbocycles. The van der Waals surface area contributed by atoms with Crippen molar-refractivity contribution in [2.24, 2.45) is 11.3 Å². The molecule has 2 N–H and O–H groups in total. The summed E-state index contributed by atoms with van der Waals surface area (Å²) >= 11 is 0. The van der Waals surface area contributed by atoms with Crippen LogP contribution in [0.5, 0.6) is 0 Å². The van der Waals surface area contributed by atoms with Gasteiger partial charge in [-0.1, -0.05) is 49.6 Å². The van der Waals surface area contributed by atoms with Crippen LogP contribution < -0.4 is 10.6 Å². The number of carbonyl (C=O) groups is 1. The first-order chi connectivity index (χ1) is 11.2. The topological polar surface area (TPSA) is 41.1 Å². The van der Waals surface area contributed by atoms with Crippen molar-refractivity contribution >= 4 is 18.3 Å². The van der Waals surface area contributed by atoms with Gasteiger partial charge in [-0.25, -0.2) is 0 Å². The predicted octanol–water partition coefficient (Wildman–Crippen LogP) is 3.77. The van der Waals surface area contributed by atoms with E-state index in [0.29, 0.717) is 11.3 Å². The second kappa shape index (κ2) is 7.05. The monoisotopic (exact) mass is 348 g/mol. The second-order valence-electron chi connectivity index (χ2n) is 7.87. The van der Waals surface area contributed by atoms with Crippen molar-refractivity contribution in [3.8, 4) is 0 Å². The Morgan fingerprint density at radius 2 is 1.67 bits per heavy atom. The Bertz CT molecular complexity index is 562. The van der Waals surface area contributed by atoms with E-state index in [1.165, 1.54) is 37.7 Å². The van der Waals surface area contributed by atoms with E-state index in [9.17, 15) is 4.79 Å². The smallest absolute Gasteiger partial charge is 0.224 e. The zero-order valence-electron chi connectivity index (χ0n) is 14.4. The number of nitrogens with one attached hydrogen (secondary N) is 2. The van der Waals surface area contributed by atoms with Crippen molar-refractivity contribution in [3.05, 3.63) is 35.9 Å². The average Bonchev–Trinajstić information content (AvgIpc) is 3.30. The lowest BCUT2D eigenvalue weighted by Gasteiger charge is -2.39. The molecule has 4 heteroatoms. The molecule has 1 atom stereocenters. The van der Waals surface area contributed by atoms with Crippen LogP contribution in [-0.2, 0) is 10.3 Å². The summed E-state index contributed by atoms with van der Waals surface area (Å²) in [5.74, 6) is 0.574. The second-order valence-corrected chi connectivity index (χ2v) is 7.87. The first-order valence-corrected chi connectivity index (χ1v) is 9.33. The van der Waals surface area contributed by atoms with Crippen molar-refractivity contribution in [2.75, 3.05) is 13.1 Å². The number of rotatable bonds is 3. The van der Waals surface area contributed by atoms with E-state index in [1.54, 1.807) is 0 Å². The van der Waals surface area contributed by atoms with Crippen molar-refractivity contribution in [2.45, 2.75) is 56.9 Å². The third kappa shape index (κ3) is 3.21. The molecule has 0 bridgehead atoms. The van der Waals surface area contributed by atoms with E-state index in [2.05, 4.69) is 41.0 Å². The first-order valence-electron chi connectivity index (χ1n) is 9.33. The van der Waals surface area contributed by atoms with Gasteiger partial charge in [0, 0.05) is 5.92 Å². The highest BCUT2D eigenvalue weighted by Crippen LogP contribution is 2.59. The van der Waals surface area contributed by atoms with E-state index in [0.717, 1.165) is 32.4 Å². The lowest BCUT2D eigenvalue weighted by molar-refractivity contribution is -0.125. The van der Waals surface area contributed by atoms with Crippen LogP contribution in [0.15, 0.2) is 30.3 Å². The summed E-state index contributed by atoms with van der Waals surface area (Å²) in [5, 5.41) is 6.95. The van der Waals surface area contributed by atoms with Gasteiger partial charge < -0.3 is 10.6 Å². The maximum absolute atomic E-state index is 13.0. The van der Waals surface area contributed by atoms with Crippen molar-refractivity contribution < 1.29 is 4.79 Å². The number of hydrogen-bond donors (Lipinski definition) is 2. The summed E-state index contributed by atoms with van der Waals surface area (Å²) in [5.41, 5.74) is 1.50. The molecule has 2 aliphatic carbocycles. The molecule has 132 valence electrons. The van der Waals surface area contributed by atoms with E-state index < -0.39 is 0 Å². The minimum atomic E-state index is -0.118. The van der Waals surface area contributed by atoms with Gasteiger partial charge in [-0.05, 0) is 56.2 Å². The van der Waals surface area contributed by atoms with Crippen LogP contribution in [0.3, 0.4) is 0 Å². The molecular weight excluding hydrogens is 320 g/mol. The SMILES string of the molecule is Cl.O=C(NC1(c2ccccc2)CCCCC1)C1CC12CCNCC2. The van der Waals surface area contributed by atoms with Gasteiger partial charge in [0.25, 0.3) is 0 Å². The van der Waals surface area contributed by atoms with Gasteiger partial charge in [-0.2, -0.15) is 0 Å². The molecule has 1 aliphatic heterocycles. The Morgan fingerprint density at radius 3 is 2.33 bits per heavy atom. The number of benzene rings is 1. The first kappa shape index (κ1) is 17.8. The van der Waals surface area contributed by atoms with Gasteiger partial charge in [0.2, 0.25) is 5.91 Å². The van der Waals surface area contributed by atoms with Gasteiger partial charge >= 0.3 is 0 Å². The molecule has 1 aromatic rings. The number of piperidine rings is 1. The van der Waals surface area contributed by atoms with E-state index >= 15 is 0 Å². The molecule has 1 unspecified atom stereocenters. The molecule has 0 radical (unpaired) electrons. The standard InChI is InChI=1S/C20H28N2O.ClH/c23-18(17-15-19(17)11-13-21-14-12-19)22-20(9-5-2-6-10-20)16-7-3-1-4-8-16;/h1,3-4,7-8,17,21H,2,5-6,9-15H2,(H,22,23);1H. The highest BCUT2D eigenvalue weighted by atomic mass is 35.5. The highest BCUT2D eigenvalue weighted by molar-refractivity contribution is 5.85. The predicted molar refractivity (Wildman–Crippen MR) is 99.2 cm³/mol. The van der Waals surface area contributed by atoms with E-state index in [-0.39, 0.29) is 23.9 Å². The normalized spacial score (nSPS) is 27.1. The zero-order valence-corrected chi connectivity index (χ0v) is 15.2. The molecule has 3 fully saturated rings. The molecule has 1 saturated heterocycles. The molecule has 1 amide bonds. The molecular formula is C20H29ClN2O. The van der Waals surface area contributed by atoms with Gasteiger partial charge in [-0.15, -0.1) is 12.4 Å². The number of carbonyl (C=O) groups excluding carboxylic acids is 1. The van der Waals surface area contributed by atoms with Crippen LogP contribution in [0.25, 0.3) is 0 Å². The summed E-state index contributed by atoms with van der Waals surface area (Å²) in [6, 6.07) is 10.6. The maximum Gasteiger partial charge on any atom is 0.224 e. The molecule has 4 rings (SSSR count). The zero-order chi connectivity index (χ0) is 15.8. The van der Waals surface area contributed by atoms with Gasteiger partial charge in [0.05, 0.1) is 5.54 Å². The molecule has 1 heterocycles. The quantitative estimate of drug-likeness (QED) is 0.872. The Morgan fingerprint density at radius 1 is 1.00 bits per heavy atom. The lowest BCUT2D eigenvalue weighted by atomic mass is 9.76. The van der Waals surface area contributed by atoms with Crippen LogP contribution >= 0.6 is 12.4 Å². The van der Waals surface area contributed by atoms with E-state index in [4.69, 9.17) is 0 Å². The fourth-order valence-electron chi connectivity index (χ4n) is 4.92. The molecule has 1 spiro atoms. The summed E-state index contributed by atoms with van der Waals surface area (Å²) in [7, 11) is 0. The van der Waals surface area contributed by atoms with Gasteiger partial charge in [0.15, 0.2) is 0 Å². The van der Waals surface area contributed by atoms with Crippen LogP contribution in [-0.4, -0.2) is 19.0 Å². The number of hydrogen-bond acceptors (Lipinski definition) is 2. The average molecular weight is 349 g/mol. The Balaban J connectivity index is 0.00000169. The third-order valence-electron chi connectivity index (χ3n) is 6.50. The summed E-state index contributed by atoms with van der Waals surface area (Å²) < 4.78 is 0. The fraction of sp³-hybridized carbons (Fsp3) is 0.650. The van der Waals surface area contributed by atoms with E-state index in [1.807, 2.05) is 0 Å². The molecule has 3 nitrogen and oxygen atoms in total. The largest absolute Gasteiger partial charge is 0.346 e. The molecule has 0 aromatic heterocycles. The number of amides is 1. The van der Waals surface area contributed by atoms with Crippen LogP contribution in [0.4, 0.5) is 0 Å². The maximum atomic E-state index is 13.0. The summed E-state index contributed by atoms with van der Waals surface area (Å²) in [4.78, 5) is 13.0. The summed E-state index contributed by atoms with van der Waals surface area (Å²) in [6.07, 6.45) is 9.35. The van der Waals surface area contributed by atoms with Gasteiger partial charge in [0.1, 0.15) is 0 Å². The van der Waals surface area contributed by atoms with Crippen molar-refractivity contribution in [1.82, 2.24) is 10.6 Å². The molecule has 24 heavy (non-hydrogen) atoms.